The Kier molecular flexibility index (Phi) is 4.22. The quantitative estimate of drug-likeness (QED) is 0.663. The fourth-order valence-electron chi connectivity index (χ4n) is 3.42. The third kappa shape index (κ3) is 4.06. The average Bonchev–Trinajstić information content (AvgIpc) is 3.09. The molecule has 0 atom stereocenters. The molecule has 0 aliphatic heterocycles. The Hall–Kier alpha value is -1.09. The first-order valence-corrected chi connectivity index (χ1v) is 16.1. The summed E-state index contributed by atoms with van der Waals surface area (Å²) in [5, 5.41) is 0. The van der Waals surface area contributed by atoms with E-state index in [-0.39, 0.29) is 5.92 Å². The van der Waals surface area contributed by atoms with Gasteiger partial charge in [0, 0.05) is 0 Å². The Morgan fingerprint density at radius 3 is 2.57 bits per heavy atom. The Bertz CT molecular complexity index is 759. The zero-order chi connectivity index (χ0) is 18.2. The number of benzene rings is 1. The normalized spacial score (nSPS) is 17.9. The molecule has 1 aromatic carbocycles. The first-order chi connectivity index (χ1) is 11.7. The van der Waals surface area contributed by atoms with Crippen LogP contribution in [0, 0.1) is 12.8 Å². The van der Waals surface area contributed by atoms with Crippen molar-refractivity contribution in [3.8, 4) is 11.3 Å². The molecule has 122 valence electrons. The van der Waals surface area contributed by atoms with Gasteiger partial charge in [0.25, 0.3) is 0 Å². The van der Waals surface area contributed by atoms with E-state index >= 15 is 0 Å². The van der Waals surface area contributed by atoms with Crippen LogP contribution in [0.3, 0.4) is 0 Å². The number of aromatic nitrogens is 1. The van der Waals surface area contributed by atoms with Gasteiger partial charge in [-0.15, -0.1) is 0 Å². The van der Waals surface area contributed by atoms with Crippen LogP contribution in [-0.4, -0.2) is 18.3 Å². The molecule has 1 aliphatic rings. The van der Waals surface area contributed by atoms with Gasteiger partial charge in [-0.05, 0) is 0 Å². The van der Waals surface area contributed by atoms with E-state index in [2.05, 4.69) is 48.5 Å². The van der Waals surface area contributed by atoms with E-state index in [1.807, 2.05) is 12.3 Å². The second-order valence-electron chi connectivity index (χ2n) is 7.86. The Morgan fingerprint density at radius 2 is 1.91 bits per heavy atom. The molecule has 0 radical (unpaired) electrons. The fraction of sp³-hybridized carbons (Fsp3) is 0.476. The SMILES string of the molecule is [2H]C([2H])(c1cc(-c2cccc(C)c2)nc[c]1[Ge]([CH3])([CH3])[CH3])C1CCCC1. The number of nitrogens with zero attached hydrogens (tertiary/aromatic N) is 1. The van der Waals surface area contributed by atoms with Gasteiger partial charge in [0.1, 0.15) is 0 Å². The minimum absolute atomic E-state index is 0.142. The molecular formula is C21H29GeN. The van der Waals surface area contributed by atoms with E-state index < -0.39 is 19.6 Å². The van der Waals surface area contributed by atoms with Crippen molar-refractivity contribution in [2.24, 2.45) is 5.92 Å². The van der Waals surface area contributed by atoms with Crippen LogP contribution in [0.5, 0.6) is 0 Å². The molecule has 3 rings (SSSR count). The second kappa shape index (κ2) is 6.80. The number of hydrogen-bond donors (Lipinski definition) is 0. The third-order valence-corrected chi connectivity index (χ3v) is 8.97. The van der Waals surface area contributed by atoms with E-state index in [0.717, 1.165) is 42.5 Å². The van der Waals surface area contributed by atoms with Crippen molar-refractivity contribution < 1.29 is 2.74 Å². The molecule has 2 aromatic rings. The van der Waals surface area contributed by atoms with Crippen LogP contribution in [0.15, 0.2) is 36.5 Å². The van der Waals surface area contributed by atoms with Crippen LogP contribution in [0.1, 0.15) is 39.6 Å². The molecule has 23 heavy (non-hydrogen) atoms. The first kappa shape index (κ1) is 14.3. The monoisotopic (exact) mass is 371 g/mol. The van der Waals surface area contributed by atoms with Crippen molar-refractivity contribution >= 4 is 17.7 Å². The third-order valence-electron chi connectivity index (χ3n) is 4.74. The molecule has 1 aliphatic carbocycles. The van der Waals surface area contributed by atoms with Crippen LogP contribution < -0.4 is 4.40 Å². The first-order valence-electron chi connectivity index (χ1n) is 9.77. The topological polar surface area (TPSA) is 12.9 Å². The Morgan fingerprint density at radius 1 is 1.17 bits per heavy atom. The van der Waals surface area contributed by atoms with E-state index in [1.165, 1.54) is 9.96 Å². The van der Waals surface area contributed by atoms with Crippen LogP contribution in [0.2, 0.25) is 17.3 Å². The number of aryl methyl sites for hydroxylation is 1. The van der Waals surface area contributed by atoms with Crippen LogP contribution in [-0.2, 0) is 6.37 Å². The average molecular weight is 370 g/mol. The molecule has 0 unspecified atom stereocenters. The molecule has 1 fully saturated rings. The van der Waals surface area contributed by atoms with Gasteiger partial charge >= 0.3 is 146 Å². The molecule has 2 heteroatoms. The summed E-state index contributed by atoms with van der Waals surface area (Å²) in [6.45, 7) is 2.08. The van der Waals surface area contributed by atoms with Crippen molar-refractivity contribution in [1.82, 2.24) is 4.98 Å². The number of pyridine rings is 1. The standard InChI is InChI=1S/C21H29GeN/c1-16-8-7-11-18(12-16)21-14-19(13-17-9-5-6-10-17)20(15-23-21)22(2,3)4/h7-8,11-12,14-15,17H,5-6,9-10,13H2,1-4H3/i13D2. The Labute approximate surface area is 146 Å². The molecule has 0 amide bonds. The predicted octanol–water partition coefficient (Wildman–Crippen LogP) is 5.33. The minimum atomic E-state index is -2.22. The van der Waals surface area contributed by atoms with E-state index in [0.29, 0.717) is 0 Å². The van der Waals surface area contributed by atoms with Gasteiger partial charge in [-0.2, -0.15) is 0 Å². The summed E-state index contributed by atoms with van der Waals surface area (Å²) in [4.78, 5) is 4.74. The summed E-state index contributed by atoms with van der Waals surface area (Å²) in [6, 6.07) is 10.4. The van der Waals surface area contributed by atoms with Gasteiger partial charge in [0.2, 0.25) is 0 Å². The molecule has 1 nitrogen and oxygen atoms in total. The summed E-state index contributed by atoms with van der Waals surface area (Å²) in [5.41, 5.74) is 4.10. The van der Waals surface area contributed by atoms with Crippen molar-refractivity contribution in [3.05, 3.63) is 47.7 Å². The number of hydrogen-bond acceptors (Lipinski definition) is 1. The van der Waals surface area contributed by atoms with E-state index in [4.69, 9.17) is 7.73 Å². The van der Waals surface area contributed by atoms with Crippen LogP contribution in [0.25, 0.3) is 11.3 Å². The van der Waals surface area contributed by atoms with E-state index in [9.17, 15) is 0 Å². The van der Waals surface area contributed by atoms with Gasteiger partial charge in [-0.1, -0.05) is 0 Å². The van der Waals surface area contributed by atoms with Crippen LogP contribution in [0.4, 0.5) is 0 Å². The zero-order valence-electron chi connectivity index (χ0n) is 16.8. The second-order valence-corrected chi connectivity index (χ2v) is 18.4. The molecule has 1 heterocycles. The predicted molar refractivity (Wildman–Crippen MR) is 103 cm³/mol. The van der Waals surface area contributed by atoms with Crippen molar-refractivity contribution in [2.75, 3.05) is 0 Å². The van der Waals surface area contributed by atoms with Crippen molar-refractivity contribution in [3.63, 3.8) is 0 Å². The molecule has 0 N–H and O–H groups in total. The molecule has 1 saturated carbocycles. The summed E-state index contributed by atoms with van der Waals surface area (Å²) in [5.74, 6) is 7.14. The van der Waals surface area contributed by atoms with Gasteiger partial charge in [-0.25, -0.2) is 0 Å². The summed E-state index contributed by atoms with van der Waals surface area (Å²) >= 11 is -2.22. The molecule has 0 spiro atoms. The maximum absolute atomic E-state index is 8.96. The summed E-state index contributed by atoms with van der Waals surface area (Å²) < 4.78 is 19.1. The number of rotatable bonds is 4. The summed E-state index contributed by atoms with van der Waals surface area (Å²) in [6.07, 6.45) is 5.06. The van der Waals surface area contributed by atoms with Gasteiger partial charge in [0.15, 0.2) is 0 Å². The summed E-state index contributed by atoms with van der Waals surface area (Å²) in [7, 11) is 0. The maximum atomic E-state index is 8.96. The molecule has 0 saturated heterocycles. The van der Waals surface area contributed by atoms with Crippen molar-refractivity contribution in [2.45, 2.75) is 56.2 Å². The van der Waals surface area contributed by atoms with Gasteiger partial charge < -0.3 is 0 Å². The molecule has 0 bridgehead atoms. The van der Waals surface area contributed by atoms with E-state index in [1.54, 1.807) is 0 Å². The van der Waals surface area contributed by atoms with Crippen LogP contribution >= 0.6 is 0 Å². The van der Waals surface area contributed by atoms with Crippen molar-refractivity contribution in [1.29, 1.82) is 0 Å². The zero-order valence-corrected chi connectivity index (χ0v) is 16.9. The molecule has 1 aromatic heterocycles. The van der Waals surface area contributed by atoms with Gasteiger partial charge in [-0.3, -0.25) is 0 Å². The van der Waals surface area contributed by atoms with Gasteiger partial charge in [0.05, 0.1) is 0 Å². The fourth-order valence-corrected chi connectivity index (χ4v) is 6.37. The Balaban J connectivity index is 2.14. The molecular weight excluding hydrogens is 339 g/mol.